The number of carbonyl (C=O) groups is 4. The molecule has 2 aromatic carbocycles. The Balaban J connectivity index is 1.50. The van der Waals surface area contributed by atoms with Gasteiger partial charge in [-0.05, 0) is 35.9 Å². The number of nitrogens with two attached hydrogens (primary N) is 1. The van der Waals surface area contributed by atoms with Crippen molar-refractivity contribution in [1.82, 2.24) is 20.1 Å². The van der Waals surface area contributed by atoms with Gasteiger partial charge in [-0.2, -0.15) is 0 Å². The van der Waals surface area contributed by atoms with Crippen LogP contribution in [-0.4, -0.2) is 84.2 Å². The van der Waals surface area contributed by atoms with Crippen LogP contribution in [0, 0.1) is 0 Å². The second kappa shape index (κ2) is 10.7. The molecule has 0 radical (unpaired) electrons. The van der Waals surface area contributed by atoms with Crippen molar-refractivity contribution >= 4 is 40.2 Å². The minimum absolute atomic E-state index is 0.0121. The van der Waals surface area contributed by atoms with Crippen molar-refractivity contribution in [2.24, 2.45) is 5.73 Å². The van der Waals surface area contributed by atoms with E-state index in [2.05, 4.69) is 10.3 Å². The molecular formula is C27H32N6O4. The molecule has 1 saturated heterocycles. The Kier molecular flexibility index (Phi) is 7.47. The van der Waals surface area contributed by atoms with Crippen molar-refractivity contribution in [2.45, 2.75) is 25.4 Å². The number of aromatic amines is 1. The van der Waals surface area contributed by atoms with Gasteiger partial charge in [0.2, 0.25) is 17.7 Å². The highest BCUT2D eigenvalue weighted by Gasteiger charge is 2.37. The van der Waals surface area contributed by atoms with Gasteiger partial charge in [-0.15, -0.1) is 0 Å². The van der Waals surface area contributed by atoms with Gasteiger partial charge in [-0.3, -0.25) is 19.2 Å². The smallest absolute Gasteiger partial charge is 0.254 e. The van der Waals surface area contributed by atoms with E-state index in [1.54, 1.807) is 23.2 Å². The van der Waals surface area contributed by atoms with E-state index in [0.717, 1.165) is 22.2 Å². The van der Waals surface area contributed by atoms with E-state index in [0.29, 0.717) is 12.1 Å². The fourth-order valence-electron chi connectivity index (χ4n) is 4.66. The summed E-state index contributed by atoms with van der Waals surface area (Å²) in [6.07, 6.45) is 1.98. The molecule has 0 spiro atoms. The SMILES string of the molecule is CC(=O)N1CCN(C(=O)c2ccc(N(C)C)cc2)C[C@H]1C(=O)N[C@H](Cc1c[nH]c2ccccc12)C(N)=O. The number of hydrogen-bond acceptors (Lipinski definition) is 5. The molecule has 2 heterocycles. The number of amides is 4. The summed E-state index contributed by atoms with van der Waals surface area (Å²) in [5, 5.41) is 3.66. The Bertz CT molecular complexity index is 1320. The topological polar surface area (TPSA) is 132 Å². The molecule has 4 amide bonds. The third-order valence-electron chi connectivity index (χ3n) is 6.76. The summed E-state index contributed by atoms with van der Waals surface area (Å²) in [4.78, 5) is 59.3. The van der Waals surface area contributed by atoms with E-state index < -0.39 is 23.9 Å². The molecular weight excluding hydrogens is 472 g/mol. The van der Waals surface area contributed by atoms with E-state index >= 15 is 0 Å². The van der Waals surface area contributed by atoms with Crippen LogP contribution >= 0.6 is 0 Å². The normalized spacial score (nSPS) is 16.4. The van der Waals surface area contributed by atoms with E-state index in [1.165, 1.54) is 11.8 Å². The first kappa shape index (κ1) is 25.7. The Morgan fingerprint density at radius 1 is 1.08 bits per heavy atom. The third kappa shape index (κ3) is 5.58. The molecule has 1 aliphatic rings. The van der Waals surface area contributed by atoms with Crippen LogP contribution in [0.4, 0.5) is 5.69 Å². The van der Waals surface area contributed by atoms with Crippen molar-refractivity contribution in [3.8, 4) is 0 Å². The first-order valence-electron chi connectivity index (χ1n) is 12.1. The average molecular weight is 505 g/mol. The number of para-hydroxylation sites is 1. The summed E-state index contributed by atoms with van der Waals surface area (Å²) in [5.41, 5.74) is 8.85. The van der Waals surface area contributed by atoms with Gasteiger partial charge in [-0.25, -0.2) is 0 Å². The number of carbonyl (C=O) groups excluding carboxylic acids is 4. The van der Waals surface area contributed by atoms with Crippen LogP contribution in [0.2, 0.25) is 0 Å². The van der Waals surface area contributed by atoms with E-state index in [9.17, 15) is 19.2 Å². The number of aromatic nitrogens is 1. The number of H-pyrrole nitrogens is 1. The van der Waals surface area contributed by atoms with Crippen LogP contribution in [0.15, 0.2) is 54.7 Å². The van der Waals surface area contributed by atoms with Crippen LogP contribution in [-0.2, 0) is 20.8 Å². The fraction of sp³-hybridized carbons (Fsp3) is 0.333. The van der Waals surface area contributed by atoms with Crippen LogP contribution < -0.4 is 16.0 Å². The molecule has 194 valence electrons. The Morgan fingerprint density at radius 2 is 1.78 bits per heavy atom. The monoisotopic (exact) mass is 504 g/mol. The summed E-state index contributed by atoms with van der Waals surface area (Å²) in [7, 11) is 3.83. The Labute approximate surface area is 215 Å². The number of hydrogen-bond donors (Lipinski definition) is 3. The van der Waals surface area contributed by atoms with Crippen LogP contribution in [0.5, 0.6) is 0 Å². The van der Waals surface area contributed by atoms with Gasteiger partial charge in [-0.1, -0.05) is 18.2 Å². The van der Waals surface area contributed by atoms with Gasteiger partial charge in [0.25, 0.3) is 5.91 Å². The second-order valence-electron chi connectivity index (χ2n) is 9.45. The molecule has 1 fully saturated rings. The lowest BCUT2D eigenvalue weighted by Crippen LogP contribution is -2.63. The molecule has 0 unspecified atom stereocenters. The lowest BCUT2D eigenvalue weighted by molar-refractivity contribution is -0.142. The average Bonchev–Trinajstić information content (AvgIpc) is 3.30. The number of primary amides is 1. The lowest BCUT2D eigenvalue weighted by Gasteiger charge is -2.40. The zero-order valence-electron chi connectivity index (χ0n) is 21.2. The van der Waals surface area contributed by atoms with Gasteiger partial charge in [0.15, 0.2) is 0 Å². The molecule has 0 bridgehead atoms. The fourth-order valence-corrected chi connectivity index (χ4v) is 4.66. The maximum Gasteiger partial charge on any atom is 0.254 e. The number of benzene rings is 2. The number of rotatable bonds is 7. The molecule has 37 heavy (non-hydrogen) atoms. The first-order valence-corrected chi connectivity index (χ1v) is 12.1. The lowest BCUT2D eigenvalue weighted by atomic mass is 10.0. The quantitative estimate of drug-likeness (QED) is 0.444. The molecule has 10 nitrogen and oxygen atoms in total. The molecule has 2 atom stereocenters. The maximum atomic E-state index is 13.4. The standard InChI is InChI=1S/C27H32N6O4/c1-17(34)33-13-12-32(27(37)18-8-10-20(11-9-18)31(2)3)16-24(33)26(36)30-23(25(28)35)14-19-15-29-22-7-5-4-6-21(19)22/h4-11,15,23-24,29H,12-14,16H2,1-3H3,(H2,28,35)(H,30,36)/t23-,24+/m1/s1. The molecule has 3 aromatic rings. The van der Waals surface area contributed by atoms with Gasteiger partial charge >= 0.3 is 0 Å². The van der Waals surface area contributed by atoms with E-state index in [4.69, 9.17) is 5.73 Å². The highest BCUT2D eigenvalue weighted by atomic mass is 16.2. The maximum absolute atomic E-state index is 13.4. The van der Waals surface area contributed by atoms with Crippen LogP contribution in [0.1, 0.15) is 22.8 Å². The van der Waals surface area contributed by atoms with Gasteiger partial charge < -0.3 is 30.7 Å². The van der Waals surface area contributed by atoms with Crippen molar-refractivity contribution in [1.29, 1.82) is 0 Å². The van der Waals surface area contributed by atoms with Gasteiger partial charge in [0, 0.05) is 68.9 Å². The van der Waals surface area contributed by atoms with E-state index in [1.807, 2.05) is 55.4 Å². The van der Waals surface area contributed by atoms with Crippen LogP contribution in [0.25, 0.3) is 10.9 Å². The number of nitrogens with zero attached hydrogens (tertiary/aromatic N) is 3. The molecule has 4 rings (SSSR count). The van der Waals surface area contributed by atoms with Crippen molar-refractivity contribution in [3.05, 3.63) is 65.9 Å². The zero-order valence-corrected chi connectivity index (χ0v) is 21.2. The molecule has 0 aliphatic carbocycles. The zero-order chi connectivity index (χ0) is 26.7. The van der Waals surface area contributed by atoms with Gasteiger partial charge in [0.05, 0.1) is 6.54 Å². The van der Waals surface area contributed by atoms with E-state index in [-0.39, 0.29) is 31.3 Å². The number of anilines is 1. The molecule has 0 saturated carbocycles. The minimum Gasteiger partial charge on any atom is -0.378 e. The summed E-state index contributed by atoms with van der Waals surface area (Å²) in [6.45, 7) is 1.90. The summed E-state index contributed by atoms with van der Waals surface area (Å²) >= 11 is 0. The van der Waals surface area contributed by atoms with Crippen molar-refractivity contribution in [3.63, 3.8) is 0 Å². The molecule has 4 N–H and O–H groups in total. The number of piperazine rings is 1. The predicted octanol–water partition coefficient (Wildman–Crippen LogP) is 1.12. The highest BCUT2D eigenvalue weighted by molar-refractivity contribution is 5.97. The summed E-state index contributed by atoms with van der Waals surface area (Å²) < 4.78 is 0. The number of fused-ring (bicyclic) bond motifs is 1. The highest BCUT2D eigenvalue weighted by Crippen LogP contribution is 2.20. The summed E-state index contributed by atoms with van der Waals surface area (Å²) in [6, 6.07) is 12.9. The summed E-state index contributed by atoms with van der Waals surface area (Å²) in [5.74, 6) is -1.72. The predicted molar refractivity (Wildman–Crippen MR) is 141 cm³/mol. The molecule has 1 aliphatic heterocycles. The first-order chi connectivity index (χ1) is 17.7. The van der Waals surface area contributed by atoms with Gasteiger partial charge in [0.1, 0.15) is 12.1 Å². The minimum atomic E-state index is -0.981. The number of nitrogens with one attached hydrogen (secondary N) is 2. The Hall–Kier alpha value is -4.34. The van der Waals surface area contributed by atoms with Crippen molar-refractivity contribution in [2.75, 3.05) is 38.6 Å². The Morgan fingerprint density at radius 3 is 2.43 bits per heavy atom. The third-order valence-corrected chi connectivity index (χ3v) is 6.76. The molecule has 1 aromatic heterocycles. The molecule has 10 heteroatoms. The van der Waals surface area contributed by atoms with Crippen molar-refractivity contribution < 1.29 is 19.2 Å². The van der Waals surface area contributed by atoms with Crippen LogP contribution in [0.3, 0.4) is 0 Å². The second-order valence-corrected chi connectivity index (χ2v) is 9.45. The largest absolute Gasteiger partial charge is 0.378 e.